The summed E-state index contributed by atoms with van der Waals surface area (Å²) in [7, 11) is 0. The van der Waals surface area contributed by atoms with E-state index in [9.17, 15) is 4.39 Å². The van der Waals surface area contributed by atoms with E-state index in [0.29, 0.717) is 34.5 Å². The van der Waals surface area contributed by atoms with Crippen LogP contribution < -0.4 is 10.6 Å². The molecule has 2 aromatic heterocycles. The molecule has 0 radical (unpaired) electrons. The molecule has 1 aliphatic heterocycles. The standard InChI is InChI=1S/C24H24ClFN6/c25-19-9-3-2-8-18(19)22-30-21-14-29-24(28-13-17-7-1-4-10-20(17)26)31-23(21)32(22)15-16-6-5-11-27-12-16/h1-4,7-10,14,16,27H,5-6,11-13,15H2,(H,28,29,31). The number of imidazole rings is 1. The van der Waals surface area contributed by atoms with Crippen LogP contribution in [-0.2, 0) is 13.1 Å². The van der Waals surface area contributed by atoms with E-state index in [1.165, 1.54) is 6.07 Å². The Labute approximate surface area is 190 Å². The summed E-state index contributed by atoms with van der Waals surface area (Å²) in [5.74, 6) is 1.45. The van der Waals surface area contributed by atoms with Gasteiger partial charge in [-0.25, -0.2) is 14.4 Å². The summed E-state index contributed by atoms with van der Waals surface area (Å²) >= 11 is 6.52. The third-order valence-electron chi connectivity index (χ3n) is 5.84. The molecule has 2 N–H and O–H groups in total. The van der Waals surface area contributed by atoms with Gasteiger partial charge in [0.15, 0.2) is 5.65 Å². The van der Waals surface area contributed by atoms with Crippen LogP contribution in [0.3, 0.4) is 0 Å². The molecule has 164 valence electrons. The largest absolute Gasteiger partial charge is 0.350 e. The molecule has 0 bridgehead atoms. The Morgan fingerprint density at radius 2 is 1.97 bits per heavy atom. The topological polar surface area (TPSA) is 67.7 Å². The van der Waals surface area contributed by atoms with Crippen molar-refractivity contribution in [3.05, 3.63) is 71.1 Å². The average Bonchev–Trinajstić information content (AvgIpc) is 3.17. The fourth-order valence-electron chi connectivity index (χ4n) is 4.18. The fourth-order valence-corrected chi connectivity index (χ4v) is 4.40. The predicted octanol–water partition coefficient (Wildman–Crippen LogP) is 4.90. The van der Waals surface area contributed by atoms with Crippen LogP contribution in [0.25, 0.3) is 22.6 Å². The first-order valence-electron chi connectivity index (χ1n) is 10.8. The second-order valence-corrected chi connectivity index (χ2v) is 8.49. The molecule has 1 atom stereocenters. The van der Waals surface area contributed by atoms with Crippen molar-refractivity contribution in [1.29, 1.82) is 0 Å². The number of benzene rings is 2. The third kappa shape index (κ3) is 4.31. The summed E-state index contributed by atoms with van der Waals surface area (Å²) in [4.78, 5) is 14.0. The van der Waals surface area contributed by atoms with E-state index in [2.05, 4.69) is 20.2 Å². The second-order valence-electron chi connectivity index (χ2n) is 8.09. The van der Waals surface area contributed by atoms with Gasteiger partial charge in [-0.15, -0.1) is 0 Å². The van der Waals surface area contributed by atoms with Crippen LogP contribution in [-0.4, -0.2) is 32.6 Å². The quantitative estimate of drug-likeness (QED) is 0.437. The van der Waals surface area contributed by atoms with E-state index in [-0.39, 0.29) is 5.82 Å². The van der Waals surface area contributed by atoms with Gasteiger partial charge >= 0.3 is 0 Å². The maximum atomic E-state index is 14.0. The number of piperidine rings is 1. The van der Waals surface area contributed by atoms with Crippen LogP contribution in [0.5, 0.6) is 0 Å². The van der Waals surface area contributed by atoms with Gasteiger partial charge in [-0.3, -0.25) is 0 Å². The number of rotatable bonds is 6. The van der Waals surface area contributed by atoms with Gasteiger partial charge in [0.2, 0.25) is 5.95 Å². The predicted molar refractivity (Wildman–Crippen MR) is 125 cm³/mol. The van der Waals surface area contributed by atoms with E-state index in [1.807, 2.05) is 30.3 Å². The Hall–Kier alpha value is -3.03. The monoisotopic (exact) mass is 450 g/mol. The lowest BCUT2D eigenvalue weighted by Crippen LogP contribution is -2.32. The second kappa shape index (κ2) is 9.22. The zero-order chi connectivity index (χ0) is 21.9. The molecule has 3 heterocycles. The molecule has 8 heteroatoms. The first-order valence-corrected chi connectivity index (χ1v) is 11.2. The van der Waals surface area contributed by atoms with E-state index in [1.54, 1.807) is 18.3 Å². The van der Waals surface area contributed by atoms with Crippen LogP contribution >= 0.6 is 11.6 Å². The van der Waals surface area contributed by atoms with Crippen LogP contribution in [0.15, 0.2) is 54.7 Å². The molecule has 0 spiro atoms. The van der Waals surface area contributed by atoms with Gasteiger partial charge in [0.1, 0.15) is 17.2 Å². The van der Waals surface area contributed by atoms with E-state index < -0.39 is 0 Å². The van der Waals surface area contributed by atoms with Crippen LogP contribution in [0, 0.1) is 11.7 Å². The Balaban J connectivity index is 1.52. The minimum atomic E-state index is -0.253. The summed E-state index contributed by atoms with van der Waals surface area (Å²) in [6, 6.07) is 14.4. The Morgan fingerprint density at radius 1 is 1.12 bits per heavy atom. The van der Waals surface area contributed by atoms with Crippen LogP contribution in [0.2, 0.25) is 5.02 Å². The number of nitrogens with one attached hydrogen (secondary N) is 2. The minimum absolute atomic E-state index is 0.253. The lowest BCUT2D eigenvalue weighted by molar-refractivity contribution is 0.341. The molecule has 0 saturated carbocycles. The molecule has 1 unspecified atom stereocenters. The number of fused-ring (bicyclic) bond motifs is 1. The van der Waals surface area contributed by atoms with Gasteiger partial charge < -0.3 is 15.2 Å². The number of nitrogens with zero attached hydrogens (tertiary/aromatic N) is 4. The highest BCUT2D eigenvalue weighted by Crippen LogP contribution is 2.31. The van der Waals surface area contributed by atoms with Crippen molar-refractivity contribution < 1.29 is 4.39 Å². The van der Waals surface area contributed by atoms with Gasteiger partial charge in [0.25, 0.3) is 0 Å². The maximum Gasteiger partial charge on any atom is 0.225 e. The number of anilines is 1. The summed E-state index contributed by atoms with van der Waals surface area (Å²) in [6.45, 7) is 3.11. The molecule has 4 aromatic rings. The van der Waals surface area contributed by atoms with E-state index in [4.69, 9.17) is 21.6 Å². The van der Waals surface area contributed by atoms with Crippen molar-refractivity contribution in [2.45, 2.75) is 25.9 Å². The molecule has 5 rings (SSSR count). The van der Waals surface area contributed by atoms with Crippen molar-refractivity contribution in [3.8, 4) is 11.4 Å². The van der Waals surface area contributed by atoms with Crippen LogP contribution in [0.1, 0.15) is 18.4 Å². The highest BCUT2D eigenvalue weighted by atomic mass is 35.5. The molecular formula is C24H24ClFN6. The molecule has 32 heavy (non-hydrogen) atoms. The molecule has 1 saturated heterocycles. The molecule has 0 amide bonds. The average molecular weight is 451 g/mol. The van der Waals surface area contributed by atoms with Crippen molar-refractivity contribution in [1.82, 2.24) is 24.8 Å². The van der Waals surface area contributed by atoms with Gasteiger partial charge in [-0.1, -0.05) is 41.9 Å². The molecular weight excluding hydrogens is 427 g/mol. The molecule has 1 fully saturated rings. The summed E-state index contributed by atoms with van der Waals surface area (Å²) in [5, 5.41) is 7.27. The normalized spacial score (nSPS) is 16.4. The minimum Gasteiger partial charge on any atom is -0.350 e. The van der Waals surface area contributed by atoms with Crippen LogP contribution in [0.4, 0.5) is 10.3 Å². The molecule has 0 aliphatic carbocycles. The van der Waals surface area contributed by atoms with Gasteiger partial charge in [0, 0.05) is 24.2 Å². The SMILES string of the molecule is Fc1ccccc1CNc1ncc2nc(-c3ccccc3Cl)n(CC3CCCNC3)c2n1. The van der Waals surface area contributed by atoms with Crippen molar-refractivity contribution in [3.63, 3.8) is 0 Å². The Kier molecular flexibility index (Phi) is 6.01. The van der Waals surface area contributed by atoms with Gasteiger partial charge in [-0.2, -0.15) is 4.98 Å². The number of halogens is 2. The lowest BCUT2D eigenvalue weighted by atomic mass is 9.99. The Morgan fingerprint density at radius 3 is 2.78 bits per heavy atom. The summed E-state index contributed by atoms with van der Waals surface area (Å²) < 4.78 is 16.1. The van der Waals surface area contributed by atoms with E-state index in [0.717, 1.165) is 49.5 Å². The first kappa shape index (κ1) is 20.8. The molecule has 2 aromatic carbocycles. The summed E-state index contributed by atoms with van der Waals surface area (Å²) in [5.41, 5.74) is 2.89. The first-order chi connectivity index (χ1) is 15.7. The molecule has 6 nitrogen and oxygen atoms in total. The van der Waals surface area contributed by atoms with Gasteiger partial charge in [0.05, 0.1) is 11.2 Å². The zero-order valence-electron chi connectivity index (χ0n) is 17.6. The van der Waals surface area contributed by atoms with Gasteiger partial charge in [-0.05, 0) is 50.0 Å². The highest BCUT2D eigenvalue weighted by Gasteiger charge is 2.21. The third-order valence-corrected chi connectivity index (χ3v) is 6.17. The van der Waals surface area contributed by atoms with Crippen molar-refractivity contribution in [2.24, 2.45) is 5.92 Å². The highest BCUT2D eigenvalue weighted by molar-refractivity contribution is 6.33. The fraction of sp³-hybridized carbons (Fsp3) is 0.292. The molecule has 1 aliphatic rings. The van der Waals surface area contributed by atoms with Crippen molar-refractivity contribution >= 4 is 28.7 Å². The van der Waals surface area contributed by atoms with E-state index >= 15 is 0 Å². The number of aromatic nitrogens is 4. The number of hydrogen-bond acceptors (Lipinski definition) is 5. The lowest BCUT2D eigenvalue weighted by Gasteiger charge is -2.24. The smallest absolute Gasteiger partial charge is 0.225 e. The zero-order valence-corrected chi connectivity index (χ0v) is 18.3. The summed E-state index contributed by atoms with van der Waals surface area (Å²) in [6.07, 6.45) is 4.02. The maximum absolute atomic E-state index is 14.0. The number of hydrogen-bond donors (Lipinski definition) is 2. The van der Waals surface area contributed by atoms with Crippen molar-refractivity contribution in [2.75, 3.05) is 18.4 Å². The Bertz CT molecular complexity index is 1230.